The number of pyridine rings is 1. The average Bonchev–Trinajstić information content (AvgIpc) is 2.78. The first-order valence-corrected chi connectivity index (χ1v) is 11.4. The van der Waals surface area contributed by atoms with E-state index in [0.717, 1.165) is 49.7 Å². The summed E-state index contributed by atoms with van der Waals surface area (Å²) in [6, 6.07) is 1.74. The molecule has 0 radical (unpaired) electrons. The number of carbonyl (C=O) groups is 2. The molecule has 2 atom stereocenters. The molecular formula is C23H31N3O5. The molecule has 1 N–H and O–H groups in total. The lowest BCUT2D eigenvalue weighted by molar-refractivity contribution is -0.156. The van der Waals surface area contributed by atoms with Crippen molar-refractivity contribution in [2.75, 3.05) is 33.0 Å². The van der Waals surface area contributed by atoms with Gasteiger partial charge in [0.1, 0.15) is 6.61 Å². The van der Waals surface area contributed by atoms with Crippen LogP contribution in [0.4, 0.5) is 0 Å². The summed E-state index contributed by atoms with van der Waals surface area (Å²) >= 11 is 0. The van der Waals surface area contributed by atoms with Gasteiger partial charge >= 0.3 is 0 Å². The van der Waals surface area contributed by atoms with Crippen molar-refractivity contribution in [3.63, 3.8) is 0 Å². The minimum Gasteiger partial charge on any atom is -0.467 e. The topological polar surface area (TPSA) is 90.0 Å². The molecule has 31 heavy (non-hydrogen) atoms. The van der Waals surface area contributed by atoms with Crippen molar-refractivity contribution in [2.24, 2.45) is 0 Å². The summed E-state index contributed by atoms with van der Waals surface area (Å²) in [5.74, 6) is 0.719. The monoisotopic (exact) mass is 429 g/mol. The third-order valence-corrected chi connectivity index (χ3v) is 7.41. The molecule has 8 heteroatoms. The number of nitrogens with zero attached hydrogens (tertiary/aromatic N) is 2. The molecule has 6 rings (SSSR count). The Labute approximate surface area is 182 Å². The van der Waals surface area contributed by atoms with Crippen LogP contribution in [0.1, 0.15) is 55.6 Å². The molecule has 8 nitrogen and oxygen atoms in total. The molecule has 2 saturated heterocycles. The van der Waals surface area contributed by atoms with E-state index in [2.05, 4.69) is 17.2 Å². The fourth-order valence-electron chi connectivity index (χ4n) is 5.84. The van der Waals surface area contributed by atoms with E-state index in [9.17, 15) is 9.59 Å². The molecule has 3 fully saturated rings. The first kappa shape index (κ1) is 20.7. The molecule has 5 aliphatic rings. The molecule has 5 heterocycles. The highest BCUT2D eigenvalue weighted by atomic mass is 16.5. The Morgan fingerprint density at radius 2 is 2.03 bits per heavy atom. The quantitative estimate of drug-likeness (QED) is 0.675. The van der Waals surface area contributed by atoms with Crippen molar-refractivity contribution in [1.29, 1.82) is 0 Å². The molecule has 4 aliphatic heterocycles. The lowest BCUT2D eigenvalue weighted by Crippen LogP contribution is -2.72. The number of rotatable bonds is 0. The summed E-state index contributed by atoms with van der Waals surface area (Å²) in [4.78, 5) is 31.8. The third kappa shape index (κ3) is 3.91. The maximum Gasteiger partial charge on any atom is 0.260 e. The molecule has 2 bridgehead atoms. The van der Waals surface area contributed by atoms with Crippen molar-refractivity contribution in [1.82, 2.24) is 15.2 Å². The van der Waals surface area contributed by atoms with E-state index < -0.39 is 5.54 Å². The van der Waals surface area contributed by atoms with Crippen LogP contribution in [0.2, 0.25) is 0 Å². The van der Waals surface area contributed by atoms with Gasteiger partial charge in [0.25, 0.3) is 5.91 Å². The molecule has 1 saturated carbocycles. The average molecular weight is 430 g/mol. The Hall–Kier alpha value is -2.19. The maximum absolute atomic E-state index is 13.3. The summed E-state index contributed by atoms with van der Waals surface area (Å²) in [7, 11) is 0. The number of carbonyl (C=O) groups excluding carboxylic acids is 2. The van der Waals surface area contributed by atoms with Crippen LogP contribution in [0.25, 0.3) is 0 Å². The Bertz CT molecular complexity index is 850. The van der Waals surface area contributed by atoms with E-state index >= 15 is 0 Å². The predicted octanol–water partition coefficient (Wildman–Crippen LogP) is 1.70. The van der Waals surface area contributed by atoms with Crippen LogP contribution in [0, 0.1) is 6.92 Å². The lowest BCUT2D eigenvalue weighted by atomic mass is 9.80. The van der Waals surface area contributed by atoms with E-state index in [1.807, 2.05) is 11.0 Å². The number of amides is 2. The SMILES string of the molecule is Cc1ccnc2c1C1CCC(CC1)OCC1N(CCCC13COCC(=O)N3)C(=O)CO2. The number of piperidine rings is 1. The Morgan fingerprint density at radius 1 is 1.19 bits per heavy atom. The number of hydrogen-bond donors (Lipinski definition) is 1. The van der Waals surface area contributed by atoms with E-state index in [4.69, 9.17) is 14.2 Å². The maximum atomic E-state index is 13.3. The van der Waals surface area contributed by atoms with Crippen molar-refractivity contribution in [2.45, 2.75) is 69.1 Å². The lowest BCUT2D eigenvalue weighted by Gasteiger charge is -2.51. The highest BCUT2D eigenvalue weighted by Crippen LogP contribution is 2.40. The van der Waals surface area contributed by atoms with Crippen molar-refractivity contribution >= 4 is 11.8 Å². The van der Waals surface area contributed by atoms with Gasteiger partial charge in [-0.3, -0.25) is 9.59 Å². The number of aromatic nitrogens is 1. The van der Waals surface area contributed by atoms with Gasteiger partial charge in [0.15, 0.2) is 6.61 Å². The second-order valence-corrected chi connectivity index (χ2v) is 9.35. The number of morpholine rings is 1. The Morgan fingerprint density at radius 3 is 2.84 bits per heavy atom. The summed E-state index contributed by atoms with van der Waals surface area (Å²) in [6.45, 7) is 3.50. The summed E-state index contributed by atoms with van der Waals surface area (Å²) < 4.78 is 18.0. The highest BCUT2D eigenvalue weighted by molar-refractivity contribution is 5.81. The van der Waals surface area contributed by atoms with Crippen LogP contribution in [0.5, 0.6) is 5.88 Å². The molecule has 0 aromatic carbocycles. The third-order valence-electron chi connectivity index (χ3n) is 7.41. The highest BCUT2D eigenvalue weighted by Gasteiger charge is 2.49. The first-order chi connectivity index (χ1) is 15.1. The standard InChI is InChI=1S/C23H31N3O5/c1-15-7-9-24-22-21(15)16-3-5-17(6-4-16)30-11-18-23(14-29-12-19(27)25-23)8-2-10-26(18)20(28)13-31-22/h7,9,16-18H,2-6,8,10-14H2,1H3,(H,25,27). The summed E-state index contributed by atoms with van der Waals surface area (Å²) in [6.07, 6.45) is 7.44. The zero-order valence-electron chi connectivity index (χ0n) is 18.1. The molecule has 2 amide bonds. The van der Waals surface area contributed by atoms with Crippen LogP contribution in [0.15, 0.2) is 12.3 Å². The van der Waals surface area contributed by atoms with E-state index in [1.54, 1.807) is 6.20 Å². The fraction of sp³-hybridized carbons (Fsp3) is 0.696. The number of aryl methyl sites for hydroxylation is 1. The smallest absolute Gasteiger partial charge is 0.260 e. The molecule has 168 valence electrons. The zero-order chi connectivity index (χ0) is 21.4. The minimum absolute atomic E-state index is 0.0677. The second-order valence-electron chi connectivity index (χ2n) is 9.35. The Balaban J connectivity index is 1.47. The van der Waals surface area contributed by atoms with Crippen LogP contribution >= 0.6 is 0 Å². The normalized spacial score (nSPS) is 34.0. The summed E-state index contributed by atoms with van der Waals surface area (Å²) in [5, 5.41) is 3.15. The second kappa shape index (κ2) is 8.39. The Kier molecular flexibility index (Phi) is 5.60. The van der Waals surface area contributed by atoms with Gasteiger partial charge in [0.05, 0.1) is 30.9 Å². The number of fused-ring (bicyclic) bond motifs is 5. The number of hydrogen-bond acceptors (Lipinski definition) is 6. The van der Waals surface area contributed by atoms with Crippen LogP contribution < -0.4 is 10.1 Å². The van der Waals surface area contributed by atoms with E-state index in [-0.39, 0.29) is 37.2 Å². The van der Waals surface area contributed by atoms with Crippen molar-refractivity contribution < 1.29 is 23.8 Å². The van der Waals surface area contributed by atoms with Gasteiger partial charge < -0.3 is 24.4 Å². The van der Waals surface area contributed by atoms with Gasteiger partial charge in [-0.15, -0.1) is 0 Å². The molecule has 1 aliphatic carbocycles. The molecule has 2 unspecified atom stereocenters. The van der Waals surface area contributed by atoms with Gasteiger partial charge in [0.2, 0.25) is 11.8 Å². The van der Waals surface area contributed by atoms with Gasteiger partial charge in [-0.1, -0.05) is 0 Å². The molecule has 1 aromatic heterocycles. The number of nitrogens with one attached hydrogen (secondary N) is 1. The summed E-state index contributed by atoms with van der Waals surface area (Å²) in [5.41, 5.74) is 1.69. The largest absolute Gasteiger partial charge is 0.467 e. The molecule has 1 aromatic rings. The molecular weight excluding hydrogens is 398 g/mol. The van der Waals surface area contributed by atoms with Crippen LogP contribution in [-0.2, 0) is 19.1 Å². The zero-order valence-corrected chi connectivity index (χ0v) is 18.1. The van der Waals surface area contributed by atoms with Crippen LogP contribution in [0.3, 0.4) is 0 Å². The van der Waals surface area contributed by atoms with Crippen molar-refractivity contribution in [3.8, 4) is 5.88 Å². The van der Waals surface area contributed by atoms with Crippen LogP contribution in [-0.4, -0.2) is 72.4 Å². The number of ether oxygens (including phenoxy) is 3. The molecule has 1 spiro atoms. The van der Waals surface area contributed by atoms with Gasteiger partial charge in [-0.2, -0.15) is 0 Å². The first-order valence-electron chi connectivity index (χ1n) is 11.4. The van der Waals surface area contributed by atoms with Crippen molar-refractivity contribution in [3.05, 3.63) is 23.4 Å². The van der Waals surface area contributed by atoms with Gasteiger partial charge in [-0.25, -0.2) is 4.98 Å². The van der Waals surface area contributed by atoms with Gasteiger partial charge in [-0.05, 0) is 63.0 Å². The predicted molar refractivity (Wildman–Crippen MR) is 112 cm³/mol. The van der Waals surface area contributed by atoms with Gasteiger partial charge in [0, 0.05) is 18.3 Å². The van der Waals surface area contributed by atoms with E-state index in [1.165, 1.54) is 0 Å². The minimum atomic E-state index is -0.604. The van der Waals surface area contributed by atoms with E-state index in [0.29, 0.717) is 31.6 Å². The fourth-order valence-corrected chi connectivity index (χ4v) is 5.84.